The molecule has 0 amide bonds. The van der Waals surface area contributed by atoms with Gasteiger partial charge in [-0.1, -0.05) is 17.3 Å². The zero-order chi connectivity index (χ0) is 15.9. The summed E-state index contributed by atoms with van der Waals surface area (Å²) in [4.78, 5) is 0. The van der Waals surface area contributed by atoms with Gasteiger partial charge in [0, 0.05) is 24.4 Å². The summed E-state index contributed by atoms with van der Waals surface area (Å²) in [6, 6.07) is 9.17. The Morgan fingerprint density at radius 3 is 2.41 bits per heavy atom. The fourth-order valence-corrected chi connectivity index (χ4v) is 2.71. The Labute approximate surface area is 128 Å². The molecule has 0 saturated heterocycles. The van der Waals surface area contributed by atoms with Gasteiger partial charge in [0.05, 0.1) is 11.3 Å². The molecular formula is C17H15N3O2. The lowest BCUT2D eigenvalue weighted by atomic mass is 9.96. The lowest BCUT2D eigenvalue weighted by Gasteiger charge is -2.05. The second kappa shape index (κ2) is 5.08. The van der Waals surface area contributed by atoms with Gasteiger partial charge in [-0.2, -0.15) is 5.26 Å². The fraction of sp³-hybridized carbons (Fsp3) is 0.176. The first-order valence-corrected chi connectivity index (χ1v) is 6.85. The second-order valence-corrected chi connectivity index (χ2v) is 5.24. The minimum absolute atomic E-state index is 0.207. The standard InChI is InChI=1S/C17H15N3O2/c1-10-16(11(2)22-19-10)17-14(9-20(3)15(17)8-18)12-4-6-13(21)7-5-12/h4-7,9,21H,1-3H3. The first kappa shape index (κ1) is 14.0. The van der Waals surface area contributed by atoms with Gasteiger partial charge < -0.3 is 14.2 Å². The van der Waals surface area contributed by atoms with Gasteiger partial charge >= 0.3 is 0 Å². The molecule has 1 aromatic carbocycles. The molecule has 22 heavy (non-hydrogen) atoms. The molecule has 5 nitrogen and oxygen atoms in total. The number of phenols is 1. The van der Waals surface area contributed by atoms with E-state index < -0.39 is 0 Å². The van der Waals surface area contributed by atoms with Gasteiger partial charge in [-0.25, -0.2) is 0 Å². The molecule has 5 heteroatoms. The lowest BCUT2D eigenvalue weighted by Crippen LogP contribution is -1.92. The fourth-order valence-electron chi connectivity index (χ4n) is 2.71. The van der Waals surface area contributed by atoms with Crippen molar-refractivity contribution >= 4 is 0 Å². The topological polar surface area (TPSA) is 75.0 Å². The van der Waals surface area contributed by atoms with Crippen molar-refractivity contribution in [2.24, 2.45) is 7.05 Å². The Kier molecular flexibility index (Phi) is 3.22. The zero-order valence-electron chi connectivity index (χ0n) is 12.6. The molecule has 0 saturated carbocycles. The molecule has 0 radical (unpaired) electrons. The maximum Gasteiger partial charge on any atom is 0.141 e. The van der Waals surface area contributed by atoms with Crippen LogP contribution in [0, 0.1) is 25.2 Å². The summed E-state index contributed by atoms with van der Waals surface area (Å²) in [6.45, 7) is 3.70. The number of aryl methyl sites for hydroxylation is 3. The van der Waals surface area contributed by atoms with Crippen molar-refractivity contribution in [1.82, 2.24) is 9.72 Å². The van der Waals surface area contributed by atoms with Crippen LogP contribution in [-0.2, 0) is 7.05 Å². The Hall–Kier alpha value is -3.00. The Balaban J connectivity index is 2.33. The number of nitrogens with zero attached hydrogens (tertiary/aromatic N) is 3. The minimum Gasteiger partial charge on any atom is -0.508 e. The Morgan fingerprint density at radius 1 is 1.18 bits per heavy atom. The summed E-state index contributed by atoms with van der Waals surface area (Å²) in [6.07, 6.45) is 1.91. The highest BCUT2D eigenvalue weighted by molar-refractivity contribution is 5.88. The number of rotatable bonds is 2. The van der Waals surface area contributed by atoms with E-state index in [9.17, 15) is 10.4 Å². The summed E-state index contributed by atoms with van der Waals surface area (Å²) in [7, 11) is 1.84. The van der Waals surface area contributed by atoms with Gasteiger partial charge in [0.25, 0.3) is 0 Å². The van der Waals surface area contributed by atoms with Crippen LogP contribution in [0.15, 0.2) is 35.0 Å². The van der Waals surface area contributed by atoms with Crippen molar-refractivity contribution in [1.29, 1.82) is 5.26 Å². The number of aromatic hydroxyl groups is 1. The molecule has 0 aliphatic rings. The predicted octanol–water partition coefficient (Wildman–Crippen LogP) is 3.54. The van der Waals surface area contributed by atoms with Crippen molar-refractivity contribution in [2.45, 2.75) is 13.8 Å². The average molecular weight is 293 g/mol. The molecule has 0 atom stereocenters. The smallest absolute Gasteiger partial charge is 0.141 e. The van der Waals surface area contributed by atoms with E-state index in [0.717, 1.165) is 27.9 Å². The van der Waals surface area contributed by atoms with Gasteiger partial charge in [-0.15, -0.1) is 0 Å². The normalized spacial score (nSPS) is 10.6. The van der Waals surface area contributed by atoms with Gasteiger partial charge in [-0.05, 0) is 31.5 Å². The van der Waals surface area contributed by atoms with Gasteiger partial charge in [0.15, 0.2) is 0 Å². The molecule has 2 heterocycles. The van der Waals surface area contributed by atoms with Gasteiger partial charge in [0.2, 0.25) is 0 Å². The SMILES string of the molecule is Cc1noc(C)c1-c1c(-c2ccc(O)cc2)cn(C)c1C#N. The summed E-state index contributed by atoms with van der Waals surface area (Å²) >= 11 is 0. The van der Waals surface area contributed by atoms with Crippen LogP contribution in [0.1, 0.15) is 17.1 Å². The van der Waals surface area contributed by atoms with E-state index >= 15 is 0 Å². The van der Waals surface area contributed by atoms with Crippen LogP contribution in [0.4, 0.5) is 0 Å². The molecular weight excluding hydrogens is 278 g/mol. The number of hydrogen-bond acceptors (Lipinski definition) is 4. The second-order valence-electron chi connectivity index (χ2n) is 5.24. The van der Waals surface area contributed by atoms with Crippen molar-refractivity contribution < 1.29 is 9.63 Å². The molecule has 0 unspecified atom stereocenters. The van der Waals surface area contributed by atoms with E-state index in [4.69, 9.17) is 4.52 Å². The van der Waals surface area contributed by atoms with Gasteiger partial charge in [-0.3, -0.25) is 0 Å². The van der Waals surface area contributed by atoms with Crippen LogP contribution < -0.4 is 0 Å². The minimum atomic E-state index is 0.207. The number of phenolic OH excluding ortho intramolecular Hbond substituents is 1. The molecule has 0 aliphatic heterocycles. The molecule has 0 spiro atoms. The molecule has 110 valence electrons. The highest BCUT2D eigenvalue weighted by Gasteiger charge is 2.23. The third kappa shape index (κ3) is 2.06. The molecule has 3 aromatic rings. The predicted molar refractivity (Wildman–Crippen MR) is 82.2 cm³/mol. The van der Waals surface area contributed by atoms with Crippen LogP contribution in [0.5, 0.6) is 5.75 Å². The van der Waals surface area contributed by atoms with E-state index in [1.54, 1.807) is 16.7 Å². The summed E-state index contributed by atoms with van der Waals surface area (Å²) < 4.78 is 7.05. The van der Waals surface area contributed by atoms with E-state index in [0.29, 0.717) is 11.5 Å². The van der Waals surface area contributed by atoms with Crippen LogP contribution in [0.3, 0.4) is 0 Å². The first-order valence-electron chi connectivity index (χ1n) is 6.85. The molecule has 2 aromatic heterocycles. The monoisotopic (exact) mass is 293 g/mol. The number of benzene rings is 1. The molecule has 0 fully saturated rings. The third-order valence-electron chi connectivity index (χ3n) is 3.75. The lowest BCUT2D eigenvalue weighted by molar-refractivity contribution is 0.393. The quantitative estimate of drug-likeness (QED) is 0.784. The zero-order valence-corrected chi connectivity index (χ0v) is 12.6. The molecule has 3 rings (SSSR count). The third-order valence-corrected chi connectivity index (χ3v) is 3.75. The number of nitriles is 1. The Bertz CT molecular complexity index is 861. The average Bonchev–Trinajstić information content (AvgIpc) is 2.99. The van der Waals surface area contributed by atoms with Crippen molar-refractivity contribution in [2.75, 3.05) is 0 Å². The number of hydrogen-bond donors (Lipinski definition) is 1. The maximum absolute atomic E-state index is 9.52. The van der Waals surface area contributed by atoms with E-state index in [1.165, 1.54) is 0 Å². The highest BCUT2D eigenvalue weighted by Crippen LogP contribution is 2.39. The van der Waals surface area contributed by atoms with Crippen LogP contribution in [0.25, 0.3) is 22.3 Å². The van der Waals surface area contributed by atoms with E-state index in [1.807, 2.05) is 39.2 Å². The van der Waals surface area contributed by atoms with Gasteiger partial charge in [0.1, 0.15) is 23.3 Å². The Morgan fingerprint density at radius 2 is 1.86 bits per heavy atom. The maximum atomic E-state index is 9.52. The molecule has 0 aliphatic carbocycles. The summed E-state index contributed by atoms with van der Waals surface area (Å²) in [5.74, 6) is 0.888. The largest absolute Gasteiger partial charge is 0.508 e. The first-order chi connectivity index (χ1) is 10.5. The number of aromatic nitrogens is 2. The molecule has 1 N–H and O–H groups in total. The summed E-state index contributed by atoms with van der Waals surface area (Å²) in [5.41, 5.74) is 4.79. The van der Waals surface area contributed by atoms with Crippen molar-refractivity contribution in [3.63, 3.8) is 0 Å². The summed E-state index contributed by atoms with van der Waals surface area (Å²) in [5, 5.41) is 23.0. The van der Waals surface area contributed by atoms with Crippen molar-refractivity contribution in [3.8, 4) is 34.1 Å². The highest BCUT2D eigenvalue weighted by atomic mass is 16.5. The molecule has 0 bridgehead atoms. The van der Waals surface area contributed by atoms with Crippen LogP contribution in [-0.4, -0.2) is 14.8 Å². The van der Waals surface area contributed by atoms with E-state index in [-0.39, 0.29) is 5.75 Å². The van der Waals surface area contributed by atoms with E-state index in [2.05, 4.69) is 11.2 Å². The van der Waals surface area contributed by atoms with Crippen molar-refractivity contribution in [3.05, 3.63) is 47.6 Å². The van der Waals surface area contributed by atoms with Crippen LogP contribution >= 0.6 is 0 Å². The van der Waals surface area contributed by atoms with Crippen LogP contribution in [0.2, 0.25) is 0 Å².